The highest BCUT2D eigenvalue weighted by molar-refractivity contribution is 5.94. The van der Waals surface area contributed by atoms with E-state index in [9.17, 15) is 4.79 Å². The topological polar surface area (TPSA) is 77.2 Å². The van der Waals surface area contributed by atoms with Crippen molar-refractivity contribution in [2.75, 3.05) is 18.5 Å². The number of rotatable bonds is 3. The summed E-state index contributed by atoms with van der Waals surface area (Å²) in [6.07, 6.45) is 4.96. The lowest BCUT2D eigenvalue weighted by atomic mass is 9.92. The van der Waals surface area contributed by atoms with Crippen LogP contribution in [0, 0.1) is 5.92 Å². The maximum Gasteiger partial charge on any atom is 0.241 e. The molecule has 5 heteroatoms. The number of carbonyl (C=O) groups is 1. The molecule has 2 heterocycles. The first kappa shape index (κ1) is 12.0. The summed E-state index contributed by atoms with van der Waals surface area (Å²) in [5.41, 5.74) is 6.63. The van der Waals surface area contributed by atoms with Crippen molar-refractivity contribution in [2.45, 2.75) is 18.9 Å². The Balaban J connectivity index is 1.90. The smallest absolute Gasteiger partial charge is 0.241 e. The van der Waals surface area contributed by atoms with Crippen LogP contribution in [-0.4, -0.2) is 30.1 Å². The Bertz CT molecular complexity index is 363. The van der Waals surface area contributed by atoms with Crippen LogP contribution in [0.3, 0.4) is 0 Å². The van der Waals surface area contributed by atoms with Gasteiger partial charge in [-0.25, -0.2) is 0 Å². The number of ether oxygens (including phenoxy) is 1. The van der Waals surface area contributed by atoms with Gasteiger partial charge in [0.25, 0.3) is 0 Å². The minimum atomic E-state index is -0.473. The lowest BCUT2D eigenvalue weighted by molar-refractivity contribution is -0.119. The third kappa shape index (κ3) is 3.25. The lowest BCUT2D eigenvalue weighted by Gasteiger charge is -2.26. The molecule has 0 aliphatic carbocycles. The number of pyridine rings is 1. The molecule has 1 aromatic rings. The fourth-order valence-corrected chi connectivity index (χ4v) is 1.95. The molecule has 0 aromatic carbocycles. The van der Waals surface area contributed by atoms with E-state index in [0.717, 1.165) is 12.8 Å². The van der Waals surface area contributed by atoms with Crippen LogP contribution in [0.25, 0.3) is 0 Å². The highest BCUT2D eigenvalue weighted by Gasteiger charge is 2.26. The Morgan fingerprint density at radius 1 is 1.53 bits per heavy atom. The second-order valence-electron chi connectivity index (χ2n) is 4.21. The van der Waals surface area contributed by atoms with Crippen molar-refractivity contribution < 1.29 is 9.53 Å². The highest BCUT2D eigenvalue weighted by atomic mass is 16.5. The van der Waals surface area contributed by atoms with Crippen LogP contribution in [0.15, 0.2) is 24.5 Å². The zero-order valence-corrected chi connectivity index (χ0v) is 9.63. The first-order valence-electron chi connectivity index (χ1n) is 5.81. The molecule has 0 saturated carbocycles. The third-order valence-electron chi connectivity index (χ3n) is 3.01. The van der Waals surface area contributed by atoms with Crippen LogP contribution in [0.2, 0.25) is 0 Å². The molecule has 2 rings (SSSR count). The van der Waals surface area contributed by atoms with Crippen LogP contribution in [-0.2, 0) is 9.53 Å². The normalized spacial score (nSPS) is 18.6. The first-order chi connectivity index (χ1) is 8.27. The zero-order chi connectivity index (χ0) is 12.1. The fourth-order valence-electron chi connectivity index (χ4n) is 1.95. The van der Waals surface area contributed by atoms with Gasteiger partial charge in [-0.15, -0.1) is 0 Å². The second-order valence-corrected chi connectivity index (χ2v) is 4.21. The molecular weight excluding hydrogens is 218 g/mol. The van der Waals surface area contributed by atoms with Crippen LogP contribution < -0.4 is 11.1 Å². The van der Waals surface area contributed by atoms with Crippen molar-refractivity contribution in [3.8, 4) is 0 Å². The Labute approximate surface area is 100 Å². The van der Waals surface area contributed by atoms with E-state index < -0.39 is 6.04 Å². The number of aromatic nitrogens is 1. The van der Waals surface area contributed by atoms with E-state index in [1.165, 1.54) is 0 Å². The Kier molecular flexibility index (Phi) is 4.06. The second kappa shape index (κ2) is 5.75. The first-order valence-corrected chi connectivity index (χ1v) is 5.81. The van der Waals surface area contributed by atoms with Gasteiger partial charge in [0.05, 0.1) is 17.9 Å². The van der Waals surface area contributed by atoms with E-state index in [2.05, 4.69) is 10.3 Å². The summed E-state index contributed by atoms with van der Waals surface area (Å²) in [6, 6.07) is 3.09. The van der Waals surface area contributed by atoms with Crippen molar-refractivity contribution >= 4 is 11.6 Å². The van der Waals surface area contributed by atoms with Crippen molar-refractivity contribution in [2.24, 2.45) is 11.7 Å². The molecule has 5 nitrogen and oxygen atoms in total. The molecule has 1 saturated heterocycles. The van der Waals surface area contributed by atoms with Gasteiger partial charge < -0.3 is 15.8 Å². The van der Waals surface area contributed by atoms with Gasteiger partial charge in [-0.1, -0.05) is 0 Å². The summed E-state index contributed by atoms with van der Waals surface area (Å²) < 4.78 is 5.25. The summed E-state index contributed by atoms with van der Waals surface area (Å²) in [4.78, 5) is 15.8. The number of hydrogen-bond donors (Lipinski definition) is 2. The van der Waals surface area contributed by atoms with Crippen molar-refractivity contribution in [3.63, 3.8) is 0 Å². The van der Waals surface area contributed by atoms with E-state index in [-0.39, 0.29) is 11.8 Å². The minimum absolute atomic E-state index is 0.148. The number of nitrogens with one attached hydrogen (secondary N) is 1. The molecule has 17 heavy (non-hydrogen) atoms. The van der Waals surface area contributed by atoms with Gasteiger partial charge in [-0.3, -0.25) is 9.78 Å². The average molecular weight is 235 g/mol. The van der Waals surface area contributed by atoms with Crippen LogP contribution in [0.1, 0.15) is 12.8 Å². The largest absolute Gasteiger partial charge is 0.381 e. The van der Waals surface area contributed by atoms with Crippen LogP contribution in [0.5, 0.6) is 0 Å². The zero-order valence-electron chi connectivity index (χ0n) is 9.63. The minimum Gasteiger partial charge on any atom is -0.381 e. The molecule has 0 spiro atoms. The molecule has 1 fully saturated rings. The van der Waals surface area contributed by atoms with Gasteiger partial charge in [-0.05, 0) is 30.9 Å². The van der Waals surface area contributed by atoms with E-state index in [4.69, 9.17) is 10.5 Å². The van der Waals surface area contributed by atoms with Gasteiger partial charge in [0.1, 0.15) is 0 Å². The molecule has 0 radical (unpaired) electrons. The lowest BCUT2D eigenvalue weighted by Crippen LogP contribution is -2.44. The number of nitrogens with zero attached hydrogens (tertiary/aromatic N) is 1. The molecule has 1 aromatic heterocycles. The number of nitrogens with two attached hydrogens (primary N) is 1. The van der Waals surface area contributed by atoms with Gasteiger partial charge >= 0.3 is 0 Å². The van der Waals surface area contributed by atoms with E-state index in [1.54, 1.807) is 24.5 Å². The number of hydrogen-bond acceptors (Lipinski definition) is 4. The monoisotopic (exact) mass is 235 g/mol. The SMILES string of the molecule is NC(C(=O)Nc1cccnc1)C1CCOCC1. The average Bonchev–Trinajstić information content (AvgIpc) is 2.40. The Hall–Kier alpha value is -1.46. The maximum absolute atomic E-state index is 11.9. The summed E-state index contributed by atoms with van der Waals surface area (Å²) in [7, 11) is 0. The number of carbonyl (C=O) groups excluding carboxylic acids is 1. The fraction of sp³-hybridized carbons (Fsp3) is 0.500. The van der Waals surface area contributed by atoms with Gasteiger partial charge in [0.15, 0.2) is 0 Å². The number of amides is 1. The summed E-state index contributed by atoms with van der Waals surface area (Å²) >= 11 is 0. The molecule has 92 valence electrons. The van der Waals surface area contributed by atoms with Gasteiger partial charge in [0.2, 0.25) is 5.91 Å². The molecule has 0 bridgehead atoms. The maximum atomic E-state index is 11.9. The van der Waals surface area contributed by atoms with Crippen LogP contribution in [0.4, 0.5) is 5.69 Å². The number of anilines is 1. The predicted molar refractivity (Wildman–Crippen MR) is 64.4 cm³/mol. The third-order valence-corrected chi connectivity index (χ3v) is 3.01. The highest BCUT2D eigenvalue weighted by Crippen LogP contribution is 2.18. The molecule has 1 amide bonds. The van der Waals surface area contributed by atoms with Crippen LogP contribution >= 0.6 is 0 Å². The van der Waals surface area contributed by atoms with E-state index >= 15 is 0 Å². The van der Waals surface area contributed by atoms with Crippen molar-refractivity contribution in [3.05, 3.63) is 24.5 Å². The molecular formula is C12H17N3O2. The Morgan fingerprint density at radius 2 is 2.29 bits per heavy atom. The van der Waals surface area contributed by atoms with Crippen molar-refractivity contribution in [1.29, 1.82) is 0 Å². The molecule has 3 N–H and O–H groups in total. The molecule has 1 aliphatic heterocycles. The standard InChI is InChI=1S/C12H17N3O2/c13-11(9-3-6-17-7-4-9)12(16)15-10-2-1-5-14-8-10/h1-2,5,8-9,11H,3-4,6-7,13H2,(H,15,16). The molecule has 1 atom stereocenters. The van der Waals surface area contributed by atoms with E-state index in [0.29, 0.717) is 18.9 Å². The summed E-state index contributed by atoms with van der Waals surface area (Å²) in [5.74, 6) is 0.0605. The summed E-state index contributed by atoms with van der Waals surface area (Å²) in [6.45, 7) is 1.39. The van der Waals surface area contributed by atoms with E-state index in [1.807, 2.05) is 0 Å². The quantitative estimate of drug-likeness (QED) is 0.811. The van der Waals surface area contributed by atoms with Gasteiger partial charge in [-0.2, -0.15) is 0 Å². The molecule has 1 aliphatic rings. The molecule has 1 unspecified atom stereocenters. The summed E-state index contributed by atoms with van der Waals surface area (Å²) in [5, 5.41) is 2.77. The van der Waals surface area contributed by atoms with Crippen molar-refractivity contribution in [1.82, 2.24) is 4.98 Å². The Morgan fingerprint density at radius 3 is 2.94 bits per heavy atom. The van der Waals surface area contributed by atoms with Gasteiger partial charge in [0, 0.05) is 19.4 Å². The predicted octanol–water partition coefficient (Wildman–Crippen LogP) is 0.774.